The second kappa shape index (κ2) is 10.6. The highest BCUT2D eigenvalue weighted by Crippen LogP contribution is 2.38. The molecule has 10 heteroatoms. The van der Waals surface area contributed by atoms with Crippen LogP contribution in [0.4, 0.5) is 10.5 Å². The van der Waals surface area contributed by atoms with Crippen LogP contribution in [-0.2, 0) is 16.2 Å². The highest BCUT2D eigenvalue weighted by Gasteiger charge is 2.36. The van der Waals surface area contributed by atoms with E-state index in [2.05, 4.69) is 37.2 Å². The number of nitrogens with one attached hydrogen (secondary N) is 1. The molecule has 4 rings (SSSR count). The Bertz CT molecular complexity index is 1360. The Morgan fingerprint density at radius 3 is 2.43 bits per heavy atom. The number of barbiturate groups is 1. The van der Waals surface area contributed by atoms with Gasteiger partial charge in [-0.1, -0.05) is 61.7 Å². The van der Waals surface area contributed by atoms with Crippen LogP contribution >= 0.6 is 43.5 Å². The van der Waals surface area contributed by atoms with Gasteiger partial charge in [-0.05, 0) is 54.1 Å². The third kappa shape index (κ3) is 5.42. The van der Waals surface area contributed by atoms with Crippen molar-refractivity contribution in [1.82, 2.24) is 5.32 Å². The molecule has 1 fully saturated rings. The molecule has 1 heterocycles. The highest BCUT2D eigenvalue weighted by atomic mass is 79.9. The summed E-state index contributed by atoms with van der Waals surface area (Å²) < 4.78 is 13.0. The number of halogens is 3. The molecule has 0 saturated carbocycles. The van der Waals surface area contributed by atoms with E-state index in [0.717, 1.165) is 19.4 Å². The molecule has 4 amide bonds. The summed E-state index contributed by atoms with van der Waals surface area (Å²) >= 11 is 13.3. The molecule has 0 spiro atoms. The molecular formula is C25H17Br2ClN2O5. The minimum absolute atomic E-state index is 0.229. The van der Waals surface area contributed by atoms with Gasteiger partial charge in [-0.2, -0.15) is 0 Å². The van der Waals surface area contributed by atoms with Gasteiger partial charge >= 0.3 is 6.03 Å². The van der Waals surface area contributed by atoms with Gasteiger partial charge in [0.1, 0.15) is 12.2 Å². The summed E-state index contributed by atoms with van der Waals surface area (Å²) in [6.45, 7) is 0.239. The van der Waals surface area contributed by atoms with Crippen molar-refractivity contribution in [3.8, 4) is 11.5 Å². The summed E-state index contributed by atoms with van der Waals surface area (Å²) in [5.41, 5.74) is 1.43. The number of benzene rings is 3. The standard InChI is InChI=1S/C25H17Br2ClN2O5/c1-34-21-12-14(11-20(28)22(21)35-13-15-4-2-3-5-19(15)27)10-18-23(31)29-25(33)30(24(18)32)17-8-6-16(26)7-9-17/h2-12H,13H2,1H3,(H,29,31,33)/b18-10+. The van der Waals surface area contributed by atoms with Crippen LogP contribution in [0.5, 0.6) is 11.5 Å². The summed E-state index contributed by atoms with van der Waals surface area (Å²) in [7, 11) is 1.46. The lowest BCUT2D eigenvalue weighted by molar-refractivity contribution is -0.122. The summed E-state index contributed by atoms with van der Waals surface area (Å²) in [6.07, 6.45) is 1.35. The van der Waals surface area contributed by atoms with E-state index in [9.17, 15) is 14.4 Å². The second-order valence-corrected chi connectivity index (χ2v) is 9.53. The van der Waals surface area contributed by atoms with E-state index in [-0.39, 0.29) is 17.2 Å². The summed E-state index contributed by atoms with van der Waals surface area (Å²) in [4.78, 5) is 38.9. The molecule has 1 saturated heterocycles. The molecule has 35 heavy (non-hydrogen) atoms. The number of amides is 4. The summed E-state index contributed by atoms with van der Waals surface area (Å²) in [5.74, 6) is -0.929. The Labute approximate surface area is 222 Å². The first-order chi connectivity index (χ1) is 16.8. The van der Waals surface area contributed by atoms with E-state index in [1.165, 1.54) is 13.2 Å². The Morgan fingerprint density at radius 2 is 1.74 bits per heavy atom. The SMILES string of the molecule is COc1cc(/C=C2\C(=O)NC(=O)N(c3ccc(Br)cc3)C2=O)cc(Cl)c1OCc1ccccc1Br. The quantitative estimate of drug-likeness (QED) is 0.265. The summed E-state index contributed by atoms with van der Waals surface area (Å²) in [6, 6.07) is 16.5. The van der Waals surface area contributed by atoms with E-state index < -0.39 is 17.8 Å². The molecule has 7 nitrogen and oxygen atoms in total. The van der Waals surface area contributed by atoms with Gasteiger partial charge in [0.25, 0.3) is 11.8 Å². The van der Waals surface area contributed by atoms with Crippen molar-refractivity contribution in [3.05, 3.63) is 91.3 Å². The van der Waals surface area contributed by atoms with Crippen LogP contribution in [0.3, 0.4) is 0 Å². The third-order valence-electron chi connectivity index (χ3n) is 5.08. The first kappa shape index (κ1) is 25.0. The number of nitrogens with zero attached hydrogens (tertiary/aromatic N) is 1. The highest BCUT2D eigenvalue weighted by molar-refractivity contribution is 9.10. The molecule has 0 aromatic heterocycles. The zero-order valence-corrected chi connectivity index (χ0v) is 22.1. The predicted molar refractivity (Wildman–Crippen MR) is 140 cm³/mol. The average Bonchev–Trinajstić information content (AvgIpc) is 2.83. The van der Waals surface area contributed by atoms with Gasteiger partial charge in [0, 0.05) is 14.5 Å². The number of rotatable bonds is 6. The molecule has 1 aliphatic rings. The Morgan fingerprint density at radius 1 is 1.03 bits per heavy atom. The average molecular weight is 621 g/mol. The molecule has 178 valence electrons. The van der Waals surface area contributed by atoms with Gasteiger partial charge in [-0.25, -0.2) is 9.69 Å². The van der Waals surface area contributed by atoms with Crippen molar-refractivity contribution in [2.75, 3.05) is 12.0 Å². The van der Waals surface area contributed by atoms with Crippen molar-refractivity contribution < 1.29 is 23.9 Å². The number of carbonyl (C=O) groups is 3. The minimum atomic E-state index is -0.828. The van der Waals surface area contributed by atoms with E-state index >= 15 is 0 Å². The van der Waals surface area contributed by atoms with Gasteiger partial charge < -0.3 is 9.47 Å². The fourth-order valence-electron chi connectivity index (χ4n) is 3.38. The molecule has 1 aliphatic heterocycles. The van der Waals surface area contributed by atoms with Gasteiger partial charge in [-0.3, -0.25) is 14.9 Å². The molecule has 0 aliphatic carbocycles. The maximum atomic E-state index is 13.1. The number of methoxy groups -OCH3 is 1. The van der Waals surface area contributed by atoms with Crippen molar-refractivity contribution in [1.29, 1.82) is 0 Å². The lowest BCUT2D eigenvalue weighted by Crippen LogP contribution is -2.54. The molecule has 0 bridgehead atoms. The van der Waals surface area contributed by atoms with Crippen molar-refractivity contribution in [2.24, 2.45) is 0 Å². The Kier molecular flexibility index (Phi) is 7.59. The van der Waals surface area contributed by atoms with Gasteiger partial charge in [0.15, 0.2) is 11.5 Å². The van der Waals surface area contributed by atoms with Gasteiger partial charge in [0.2, 0.25) is 0 Å². The monoisotopic (exact) mass is 618 g/mol. The minimum Gasteiger partial charge on any atom is -0.493 e. The van der Waals surface area contributed by atoms with Crippen LogP contribution in [0, 0.1) is 0 Å². The molecule has 3 aromatic rings. The number of hydrogen-bond acceptors (Lipinski definition) is 5. The Balaban J connectivity index is 1.64. The third-order valence-corrected chi connectivity index (χ3v) is 6.66. The van der Waals surface area contributed by atoms with Crippen LogP contribution in [0.2, 0.25) is 5.02 Å². The topological polar surface area (TPSA) is 84.9 Å². The van der Waals surface area contributed by atoms with Gasteiger partial charge in [-0.15, -0.1) is 0 Å². The van der Waals surface area contributed by atoms with Crippen LogP contribution < -0.4 is 19.7 Å². The van der Waals surface area contributed by atoms with Crippen LogP contribution in [0.25, 0.3) is 6.08 Å². The van der Waals surface area contributed by atoms with E-state index in [4.69, 9.17) is 21.1 Å². The van der Waals surface area contributed by atoms with E-state index in [1.807, 2.05) is 24.3 Å². The maximum Gasteiger partial charge on any atom is 0.335 e. The number of ether oxygens (including phenoxy) is 2. The second-order valence-electron chi connectivity index (χ2n) is 7.35. The molecule has 0 radical (unpaired) electrons. The Hall–Kier alpha value is -3.14. The van der Waals surface area contributed by atoms with Crippen LogP contribution in [-0.4, -0.2) is 25.0 Å². The number of imide groups is 2. The van der Waals surface area contributed by atoms with E-state index in [1.54, 1.807) is 36.4 Å². The van der Waals surface area contributed by atoms with Crippen LogP contribution in [0.1, 0.15) is 11.1 Å². The number of anilines is 1. The normalized spacial score (nSPS) is 14.8. The first-order valence-corrected chi connectivity index (χ1v) is 12.2. The number of carbonyl (C=O) groups excluding carboxylic acids is 3. The van der Waals surface area contributed by atoms with E-state index in [0.29, 0.717) is 22.7 Å². The predicted octanol–water partition coefficient (Wildman–Crippen LogP) is 6.12. The lowest BCUT2D eigenvalue weighted by atomic mass is 10.1. The largest absolute Gasteiger partial charge is 0.493 e. The molecular weight excluding hydrogens is 604 g/mol. The fraction of sp³-hybridized carbons (Fsp3) is 0.0800. The molecule has 0 atom stereocenters. The van der Waals surface area contributed by atoms with Crippen LogP contribution in [0.15, 0.2) is 75.2 Å². The number of urea groups is 1. The fourth-order valence-corrected chi connectivity index (χ4v) is 4.31. The first-order valence-electron chi connectivity index (χ1n) is 10.2. The summed E-state index contributed by atoms with van der Waals surface area (Å²) in [5, 5.41) is 2.42. The maximum absolute atomic E-state index is 13.1. The van der Waals surface area contributed by atoms with Crippen molar-refractivity contribution >= 4 is 73.1 Å². The zero-order valence-electron chi connectivity index (χ0n) is 18.2. The molecule has 3 aromatic carbocycles. The van der Waals surface area contributed by atoms with Crippen molar-refractivity contribution in [3.63, 3.8) is 0 Å². The number of hydrogen-bond donors (Lipinski definition) is 1. The molecule has 0 unspecified atom stereocenters. The van der Waals surface area contributed by atoms with Gasteiger partial charge in [0.05, 0.1) is 17.8 Å². The molecule has 1 N–H and O–H groups in total. The zero-order chi connectivity index (χ0) is 25.1. The smallest absolute Gasteiger partial charge is 0.335 e. The van der Waals surface area contributed by atoms with Crippen molar-refractivity contribution in [2.45, 2.75) is 6.61 Å². The lowest BCUT2D eigenvalue weighted by Gasteiger charge is -2.26.